The Balaban J connectivity index is 1.94. The van der Waals surface area contributed by atoms with E-state index >= 15 is 0 Å². The van der Waals surface area contributed by atoms with Crippen LogP contribution in [0.15, 0.2) is 29.3 Å². The molecule has 1 fully saturated rings. The lowest BCUT2D eigenvalue weighted by Gasteiger charge is -2.37. The van der Waals surface area contributed by atoms with Crippen LogP contribution in [0.5, 0.6) is 5.75 Å². The highest BCUT2D eigenvalue weighted by molar-refractivity contribution is 5.80. The molecule has 0 radical (unpaired) electrons. The number of para-hydroxylation sites is 2. The zero-order valence-corrected chi connectivity index (χ0v) is 12.3. The molecule has 0 atom stereocenters. The van der Waals surface area contributed by atoms with E-state index in [0.717, 1.165) is 50.8 Å². The van der Waals surface area contributed by atoms with Gasteiger partial charge in [0.25, 0.3) is 0 Å². The van der Waals surface area contributed by atoms with Crippen molar-refractivity contribution in [3.05, 3.63) is 24.3 Å². The van der Waals surface area contributed by atoms with Crippen molar-refractivity contribution in [2.24, 2.45) is 4.99 Å². The zero-order chi connectivity index (χ0) is 14.4. The number of anilines is 1. The molecule has 0 unspecified atom stereocenters. The summed E-state index contributed by atoms with van der Waals surface area (Å²) in [5.74, 6) is 1.33. The third-order valence-electron chi connectivity index (χ3n) is 3.55. The molecule has 1 saturated heterocycles. The van der Waals surface area contributed by atoms with Gasteiger partial charge in [-0.05, 0) is 18.6 Å². The van der Waals surface area contributed by atoms with Crippen molar-refractivity contribution in [2.75, 3.05) is 44.7 Å². The molecule has 0 bridgehead atoms. The van der Waals surface area contributed by atoms with Crippen LogP contribution in [0.25, 0.3) is 0 Å². The summed E-state index contributed by atoms with van der Waals surface area (Å²) < 4.78 is 0. The Morgan fingerprint density at radius 2 is 1.95 bits per heavy atom. The van der Waals surface area contributed by atoms with E-state index in [1.54, 1.807) is 6.07 Å². The lowest BCUT2D eigenvalue weighted by atomic mass is 10.2. The molecular formula is C15H24N4O. The van der Waals surface area contributed by atoms with Gasteiger partial charge in [-0.3, -0.25) is 4.99 Å². The van der Waals surface area contributed by atoms with Crippen molar-refractivity contribution >= 4 is 11.6 Å². The van der Waals surface area contributed by atoms with E-state index in [0.29, 0.717) is 5.75 Å². The quantitative estimate of drug-likeness (QED) is 0.649. The predicted molar refractivity (Wildman–Crippen MR) is 83.5 cm³/mol. The van der Waals surface area contributed by atoms with Crippen LogP contribution < -0.4 is 10.2 Å². The summed E-state index contributed by atoms with van der Waals surface area (Å²) in [6, 6.07) is 7.52. The van der Waals surface area contributed by atoms with Gasteiger partial charge in [0.15, 0.2) is 5.96 Å². The molecule has 2 rings (SSSR count). The number of piperazine rings is 1. The molecule has 0 aromatic heterocycles. The predicted octanol–water partition coefficient (Wildman–Crippen LogP) is 1.50. The summed E-state index contributed by atoms with van der Waals surface area (Å²) >= 11 is 0. The van der Waals surface area contributed by atoms with Crippen LogP contribution in [0.2, 0.25) is 0 Å². The van der Waals surface area contributed by atoms with Gasteiger partial charge in [-0.25, -0.2) is 0 Å². The number of benzene rings is 1. The van der Waals surface area contributed by atoms with Crippen molar-refractivity contribution in [2.45, 2.75) is 13.3 Å². The van der Waals surface area contributed by atoms with Gasteiger partial charge in [0.2, 0.25) is 0 Å². The van der Waals surface area contributed by atoms with Crippen LogP contribution in [0.1, 0.15) is 13.3 Å². The third-order valence-corrected chi connectivity index (χ3v) is 3.55. The second-order valence-corrected chi connectivity index (χ2v) is 4.94. The molecule has 1 aromatic carbocycles. The van der Waals surface area contributed by atoms with E-state index in [1.165, 1.54) is 0 Å². The lowest BCUT2D eigenvalue weighted by Crippen LogP contribution is -2.52. The topological polar surface area (TPSA) is 51.1 Å². The number of phenols is 1. The number of aromatic hydroxyl groups is 1. The number of aliphatic imine (C=N–C) groups is 1. The average molecular weight is 276 g/mol. The Kier molecular flexibility index (Phi) is 5.09. The number of hydrogen-bond acceptors (Lipinski definition) is 3. The number of rotatable bonds is 3. The number of hydrogen-bond donors (Lipinski definition) is 2. The molecule has 1 aromatic rings. The first-order valence-electron chi connectivity index (χ1n) is 7.24. The fourth-order valence-electron chi connectivity index (χ4n) is 2.46. The van der Waals surface area contributed by atoms with Crippen molar-refractivity contribution in [3.63, 3.8) is 0 Å². The maximum absolute atomic E-state index is 9.91. The fourth-order valence-corrected chi connectivity index (χ4v) is 2.46. The Hall–Kier alpha value is -1.91. The van der Waals surface area contributed by atoms with E-state index in [9.17, 15) is 5.11 Å². The van der Waals surface area contributed by atoms with Gasteiger partial charge in [0, 0.05) is 39.8 Å². The van der Waals surface area contributed by atoms with Gasteiger partial charge in [-0.1, -0.05) is 19.1 Å². The van der Waals surface area contributed by atoms with Crippen molar-refractivity contribution in [3.8, 4) is 5.75 Å². The summed E-state index contributed by atoms with van der Waals surface area (Å²) in [5, 5.41) is 13.3. The molecule has 1 aliphatic heterocycles. The van der Waals surface area contributed by atoms with E-state index < -0.39 is 0 Å². The maximum atomic E-state index is 9.91. The lowest BCUT2D eigenvalue weighted by molar-refractivity contribution is 0.370. The monoisotopic (exact) mass is 276 g/mol. The van der Waals surface area contributed by atoms with Gasteiger partial charge in [0.1, 0.15) is 5.75 Å². The highest BCUT2D eigenvalue weighted by atomic mass is 16.3. The van der Waals surface area contributed by atoms with Crippen LogP contribution >= 0.6 is 0 Å². The summed E-state index contributed by atoms with van der Waals surface area (Å²) in [6.07, 6.45) is 1.09. The van der Waals surface area contributed by atoms with Gasteiger partial charge in [-0.15, -0.1) is 0 Å². The van der Waals surface area contributed by atoms with Crippen LogP contribution in [-0.2, 0) is 0 Å². The molecule has 5 heteroatoms. The molecule has 1 aliphatic rings. The number of guanidine groups is 1. The van der Waals surface area contributed by atoms with E-state index in [2.05, 4.69) is 27.0 Å². The Bertz CT molecular complexity index is 453. The van der Waals surface area contributed by atoms with Gasteiger partial charge in [-0.2, -0.15) is 0 Å². The normalized spacial score (nSPS) is 16.4. The second kappa shape index (κ2) is 7.03. The summed E-state index contributed by atoms with van der Waals surface area (Å²) in [6.45, 7) is 6.72. The molecule has 5 nitrogen and oxygen atoms in total. The second-order valence-electron chi connectivity index (χ2n) is 4.94. The molecule has 1 heterocycles. The summed E-state index contributed by atoms with van der Waals surface area (Å²) in [4.78, 5) is 8.82. The van der Waals surface area contributed by atoms with Gasteiger partial charge >= 0.3 is 0 Å². The minimum atomic E-state index is 0.356. The van der Waals surface area contributed by atoms with Gasteiger partial charge in [0.05, 0.1) is 5.69 Å². The number of nitrogens with zero attached hydrogens (tertiary/aromatic N) is 3. The smallest absolute Gasteiger partial charge is 0.193 e. The molecule has 0 aliphatic carbocycles. The van der Waals surface area contributed by atoms with E-state index in [1.807, 2.05) is 25.2 Å². The molecular weight excluding hydrogens is 252 g/mol. The minimum absolute atomic E-state index is 0.356. The van der Waals surface area contributed by atoms with Crippen molar-refractivity contribution < 1.29 is 5.11 Å². The number of phenolic OH excluding ortho intramolecular Hbond substituents is 1. The van der Waals surface area contributed by atoms with Crippen molar-refractivity contribution in [1.29, 1.82) is 0 Å². The first-order valence-corrected chi connectivity index (χ1v) is 7.24. The molecule has 0 spiro atoms. The number of nitrogens with one attached hydrogen (secondary N) is 1. The molecule has 0 saturated carbocycles. The molecule has 110 valence electrons. The Labute approximate surface area is 120 Å². The first-order chi connectivity index (χ1) is 9.76. The highest BCUT2D eigenvalue weighted by Gasteiger charge is 2.20. The van der Waals surface area contributed by atoms with Crippen LogP contribution in [0.3, 0.4) is 0 Å². The fraction of sp³-hybridized carbons (Fsp3) is 0.533. The van der Waals surface area contributed by atoms with Gasteiger partial charge < -0.3 is 20.2 Å². The average Bonchev–Trinajstić information content (AvgIpc) is 2.49. The van der Waals surface area contributed by atoms with Crippen LogP contribution in [0.4, 0.5) is 5.69 Å². The molecule has 20 heavy (non-hydrogen) atoms. The maximum Gasteiger partial charge on any atom is 0.193 e. The largest absolute Gasteiger partial charge is 0.506 e. The van der Waals surface area contributed by atoms with Crippen LogP contribution in [0, 0.1) is 0 Å². The Morgan fingerprint density at radius 3 is 2.55 bits per heavy atom. The summed E-state index contributed by atoms with van der Waals surface area (Å²) in [5.41, 5.74) is 0.920. The first kappa shape index (κ1) is 14.5. The highest BCUT2D eigenvalue weighted by Crippen LogP contribution is 2.27. The van der Waals surface area contributed by atoms with Crippen molar-refractivity contribution in [1.82, 2.24) is 10.2 Å². The molecule has 2 N–H and O–H groups in total. The van der Waals surface area contributed by atoms with Crippen LogP contribution in [-0.4, -0.2) is 55.7 Å². The van der Waals surface area contributed by atoms with E-state index in [-0.39, 0.29) is 0 Å². The van der Waals surface area contributed by atoms with E-state index in [4.69, 9.17) is 0 Å². The third kappa shape index (κ3) is 3.35. The minimum Gasteiger partial charge on any atom is -0.506 e. The molecule has 0 amide bonds. The SMILES string of the molecule is CCCNC(=NC)N1CCN(c2ccccc2O)CC1. The standard InChI is InChI=1S/C15H24N4O/c1-3-8-17-15(16-2)19-11-9-18(10-12-19)13-6-4-5-7-14(13)20/h4-7,20H,3,8-12H2,1-2H3,(H,16,17). The summed E-state index contributed by atoms with van der Waals surface area (Å²) in [7, 11) is 1.83. The zero-order valence-electron chi connectivity index (χ0n) is 12.3. The Morgan fingerprint density at radius 1 is 1.25 bits per heavy atom.